The molecule has 3 N–H and O–H groups in total. The maximum absolute atomic E-state index is 12.9. The predicted octanol–water partition coefficient (Wildman–Crippen LogP) is 5.32. The van der Waals surface area contributed by atoms with Crippen molar-refractivity contribution >= 4 is 60.2 Å². The molecular weight excluding hydrogens is 494 g/mol. The number of aliphatic hydroxyl groups excluding tert-OH is 1. The first-order valence-electron chi connectivity index (χ1n) is 12.0. The lowest BCUT2D eigenvalue weighted by Crippen LogP contribution is -2.35. The van der Waals surface area contributed by atoms with E-state index in [1.807, 2.05) is 23.6 Å². The molecule has 0 amide bonds. The Morgan fingerprint density at radius 2 is 1.72 bits per heavy atom. The van der Waals surface area contributed by atoms with Crippen LogP contribution in [0.25, 0.3) is 10.2 Å². The fourth-order valence-corrected chi connectivity index (χ4v) is 6.19. The molecule has 0 bridgehead atoms. The number of hydrogen-bond acceptors (Lipinski definition) is 9. The van der Waals surface area contributed by atoms with Crippen molar-refractivity contribution in [3.05, 3.63) is 60.0 Å². The van der Waals surface area contributed by atoms with Crippen LogP contribution in [0.15, 0.2) is 64.9 Å². The molecule has 3 heterocycles. The summed E-state index contributed by atoms with van der Waals surface area (Å²) in [4.78, 5) is 11.9. The first-order valence-corrected chi connectivity index (χ1v) is 14.4. The smallest absolute Gasteiger partial charge is 0.229 e. The number of nitrogens with one attached hydrogen (secondary N) is 2. The van der Waals surface area contributed by atoms with E-state index in [1.165, 1.54) is 11.3 Å². The average Bonchev–Trinajstić information content (AvgIpc) is 3.34. The summed E-state index contributed by atoms with van der Waals surface area (Å²) < 4.78 is 26.7. The van der Waals surface area contributed by atoms with E-state index in [2.05, 4.69) is 32.7 Å². The molecule has 1 aliphatic rings. The van der Waals surface area contributed by atoms with Crippen LogP contribution in [0.1, 0.15) is 26.7 Å². The van der Waals surface area contributed by atoms with Gasteiger partial charge in [-0.05, 0) is 74.5 Å². The van der Waals surface area contributed by atoms with Crippen LogP contribution in [0.5, 0.6) is 0 Å². The molecule has 10 heteroatoms. The largest absolute Gasteiger partial charge is 0.393 e. The summed E-state index contributed by atoms with van der Waals surface area (Å²) in [6, 6.07) is 16.9. The molecule has 0 aliphatic carbocycles. The number of thiophene rings is 1. The number of aliphatic hydroxyl groups is 1. The van der Waals surface area contributed by atoms with E-state index in [9.17, 15) is 13.5 Å². The van der Waals surface area contributed by atoms with Crippen molar-refractivity contribution in [3.63, 3.8) is 0 Å². The van der Waals surface area contributed by atoms with Crippen LogP contribution < -0.4 is 15.5 Å². The van der Waals surface area contributed by atoms with Crippen molar-refractivity contribution < 1.29 is 13.5 Å². The van der Waals surface area contributed by atoms with Gasteiger partial charge in [0.05, 0.1) is 32.2 Å². The Morgan fingerprint density at radius 3 is 2.44 bits per heavy atom. The summed E-state index contributed by atoms with van der Waals surface area (Å²) in [6.07, 6.45) is 1.36. The van der Waals surface area contributed by atoms with Gasteiger partial charge in [-0.3, -0.25) is 0 Å². The number of fused-ring (bicyclic) bond motifs is 1. The minimum absolute atomic E-state index is 0.202. The SMILES string of the molecule is CC(C)S(=O)(=O)c1ccccc1Nc1nc(Nc2ccc(N3CCC(O)CC3)cc2)nc2ccsc12. The topological polar surface area (TPSA) is 107 Å². The van der Waals surface area contributed by atoms with Crippen molar-refractivity contribution in [2.24, 2.45) is 0 Å². The molecule has 2 aromatic heterocycles. The average molecular weight is 524 g/mol. The summed E-state index contributed by atoms with van der Waals surface area (Å²) in [5, 5.41) is 17.7. The Hall–Kier alpha value is -3.21. The monoisotopic (exact) mass is 523 g/mol. The molecular formula is C26H29N5O3S2. The van der Waals surface area contributed by atoms with E-state index < -0.39 is 15.1 Å². The zero-order valence-electron chi connectivity index (χ0n) is 20.2. The Kier molecular flexibility index (Phi) is 6.83. The van der Waals surface area contributed by atoms with Crippen molar-refractivity contribution in [1.82, 2.24) is 9.97 Å². The third kappa shape index (κ3) is 5.02. The second-order valence-corrected chi connectivity index (χ2v) is 12.5. The van der Waals surface area contributed by atoms with Crippen LogP contribution in [-0.4, -0.2) is 47.9 Å². The van der Waals surface area contributed by atoms with E-state index >= 15 is 0 Å². The standard InChI is InChI=1S/C26H29N5O3S2/c1-17(2)36(33,34)23-6-4-3-5-21(23)28-25-24-22(13-16-35-24)29-26(30-25)27-18-7-9-19(10-8-18)31-14-11-20(32)12-15-31/h3-10,13,16-17,20,32H,11-12,14-15H2,1-2H3,(H2,27,28,29,30). The van der Waals surface area contributed by atoms with Crippen LogP contribution in [-0.2, 0) is 9.84 Å². The van der Waals surface area contributed by atoms with Crippen LogP contribution >= 0.6 is 11.3 Å². The molecule has 4 aromatic rings. The summed E-state index contributed by atoms with van der Waals surface area (Å²) in [5.41, 5.74) is 3.22. The van der Waals surface area contributed by atoms with Crippen LogP contribution in [0.2, 0.25) is 0 Å². The molecule has 0 saturated carbocycles. The Bertz CT molecular complexity index is 1460. The number of anilines is 5. The molecule has 5 rings (SSSR count). The van der Waals surface area contributed by atoms with Gasteiger partial charge in [0.25, 0.3) is 0 Å². The van der Waals surface area contributed by atoms with Crippen molar-refractivity contribution in [3.8, 4) is 0 Å². The van der Waals surface area contributed by atoms with Crippen LogP contribution in [0, 0.1) is 0 Å². The number of benzene rings is 2. The highest BCUT2D eigenvalue weighted by molar-refractivity contribution is 7.92. The molecule has 8 nitrogen and oxygen atoms in total. The second-order valence-electron chi connectivity index (χ2n) is 9.14. The fraction of sp³-hybridized carbons (Fsp3) is 0.308. The number of para-hydroxylation sites is 1. The predicted molar refractivity (Wildman–Crippen MR) is 147 cm³/mol. The number of piperidine rings is 1. The van der Waals surface area contributed by atoms with Gasteiger partial charge >= 0.3 is 0 Å². The van der Waals surface area contributed by atoms with Gasteiger partial charge in [0.1, 0.15) is 0 Å². The Labute approximate surface area is 214 Å². The molecule has 0 radical (unpaired) electrons. The summed E-state index contributed by atoms with van der Waals surface area (Å²) in [6.45, 7) is 5.04. The molecule has 36 heavy (non-hydrogen) atoms. The van der Waals surface area contributed by atoms with E-state index in [0.29, 0.717) is 17.5 Å². The molecule has 2 aromatic carbocycles. The minimum atomic E-state index is -3.48. The highest BCUT2D eigenvalue weighted by Crippen LogP contribution is 2.33. The lowest BCUT2D eigenvalue weighted by atomic mass is 10.1. The first kappa shape index (κ1) is 24.5. The van der Waals surface area contributed by atoms with Crippen molar-refractivity contribution in [2.45, 2.75) is 42.9 Å². The lowest BCUT2D eigenvalue weighted by molar-refractivity contribution is 0.145. The van der Waals surface area contributed by atoms with Gasteiger partial charge in [-0.25, -0.2) is 13.4 Å². The maximum atomic E-state index is 12.9. The van der Waals surface area contributed by atoms with Crippen molar-refractivity contribution in [1.29, 1.82) is 0 Å². The van der Waals surface area contributed by atoms with Crippen molar-refractivity contribution in [2.75, 3.05) is 28.6 Å². The van der Waals surface area contributed by atoms with E-state index in [0.717, 1.165) is 47.5 Å². The third-order valence-corrected chi connectivity index (χ3v) is 9.44. The number of nitrogens with zero attached hydrogens (tertiary/aromatic N) is 3. The van der Waals surface area contributed by atoms with E-state index in [-0.39, 0.29) is 11.0 Å². The molecule has 188 valence electrons. The molecule has 0 unspecified atom stereocenters. The van der Waals surface area contributed by atoms with Gasteiger partial charge in [0.2, 0.25) is 5.95 Å². The highest BCUT2D eigenvalue weighted by atomic mass is 32.2. The van der Waals surface area contributed by atoms with Crippen LogP contribution in [0.4, 0.5) is 28.8 Å². The normalized spacial score (nSPS) is 14.9. The minimum Gasteiger partial charge on any atom is -0.393 e. The van der Waals surface area contributed by atoms with Crippen LogP contribution in [0.3, 0.4) is 0 Å². The van der Waals surface area contributed by atoms with Gasteiger partial charge in [-0.2, -0.15) is 4.98 Å². The van der Waals surface area contributed by atoms with E-state index in [1.54, 1.807) is 38.1 Å². The number of sulfone groups is 1. The lowest BCUT2D eigenvalue weighted by Gasteiger charge is -2.31. The fourth-order valence-electron chi connectivity index (χ4n) is 4.21. The Balaban J connectivity index is 1.41. The molecule has 1 aliphatic heterocycles. The Morgan fingerprint density at radius 1 is 1.00 bits per heavy atom. The molecule has 1 fully saturated rings. The van der Waals surface area contributed by atoms with Gasteiger partial charge in [-0.1, -0.05) is 12.1 Å². The summed E-state index contributed by atoms with van der Waals surface area (Å²) >= 11 is 1.50. The number of aromatic nitrogens is 2. The summed E-state index contributed by atoms with van der Waals surface area (Å²) in [7, 11) is -3.48. The number of rotatable bonds is 7. The zero-order valence-corrected chi connectivity index (χ0v) is 21.8. The molecule has 0 spiro atoms. The third-order valence-electron chi connectivity index (χ3n) is 6.32. The highest BCUT2D eigenvalue weighted by Gasteiger charge is 2.23. The van der Waals surface area contributed by atoms with Gasteiger partial charge < -0.3 is 20.6 Å². The maximum Gasteiger partial charge on any atom is 0.229 e. The second kappa shape index (κ2) is 10.0. The van der Waals surface area contributed by atoms with E-state index in [4.69, 9.17) is 4.98 Å². The zero-order chi connectivity index (χ0) is 25.3. The molecule has 1 saturated heterocycles. The van der Waals surface area contributed by atoms with Gasteiger partial charge in [-0.15, -0.1) is 11.3 Å². The first-order chi connectivity index (χ1) is 17.3. The van der Waals surface area contributed by atoms with Gasteiger partial charge in [0.15, 0.2) is 15.7 Å². The number of hydrogen-bond donors (Lipinski definition) is 3. The molecule has 0 atom stereocenters. The quantitative estimate of drug-likeness (QED) is 0.299. The summed E-state index contributed by atoms with van der Waals surface area (Å²) in [5.74, 6) is 0.967. The van der Waals surface area contributed by atoms with Gasteiger partial charge in [0, 0.05) is 24.5 Å².